The highest BCUT2D eigenvalue weighted by molar-refractivity contribution is 5.90. The molecular weight excluding hydrogens is 1780 g/mol. The average Bonchev–Trinajstić information content (AvgIpc) is 0.763. The van der Waals surface area contributed by atoms with Crippen molar-refractivity contribution in [3.63, 3.8) is 0 Å². The van der Waals surface area contributed by atoms with Gasteiger partial charge >= 0.3 is 0 Å². The molecule has 0 fully saturated rings. The molecule has 0 saturated heterocycles. The van der Waals surface area contributed by atoms with E-state index in [4.69, 9.17) is 54.8 Å². The first kappa shape index (κ1) is 90.1. The van der Waals surface area contributed by atoms with E-state index in [1.807, 2.05) is 127 Å². The zero-order chi connectivity index (χ0) is 97.5. The van der Waals surface area contributed by atoms with Crippen LogP contribution >= 0.6 is 0 Å². The molecule has 11 nitrogen and oxygen atoms in total. The van der Waals surface area contributed by atoms with E-state index < -0.39 is 0 Å². The minimum atomic E-state index is 0.627. The highest BCUT2D eigenvalue weighted by atomic mass is 15.0. The molecule has 146 heavy (non-hydrogen) atoms. The van der Waals surface area contributed by atoms with Gasteiger partial charge in [-0.05, 0) is 125 Å². The summed E-state index contributed by atoms with van der Waals surface area (Å²) in [5, 5.41) is 4.65. The van der Waals surface area contributed by atoms with Crippen molar-refractivity contribution in [1.82, 2.24) is 54.8 Å². The molecule has 0 saturated carbocycles. The molecule has 0 aliphatic heterocycles. The van der Waals surface area contributed by atoms with Crippen LogP contribution in [0.25, 0.3) is 247 Å². The van der Waals surface area contributed by atoms with Crippen LogP contribution in [-0.2, 0) is 0 Å². The second-order valence-corrected chi connectivity index (χ2v) is 35.6. The Hall–Kier alpha value is -19.8. The van der Waals surface area contributed by atoms with Gasteiger partial charge in [0.05, 0.1) is 34.2 Å². The zero-order valence-electron chi connectivity index (χ0n) is 79.5. The summed E-state index contributed by atoms with van der Waals surface area (Å²) >= 11 is 0. The van der Waals surface area contributed by atoms with Gasteiger partial charge < -0.3 is 0 Å². The van der Waals surface area contributed by atoms with Crippen LogP contribution in [0.4, 0.5) is 0 Å². The van der Waals surface area contributed by atoms with Crippen molar-refractivity contribution in [2.45, 2.75) is 0 Å². The number of aromatic nitrogens is 11. The molecule has 25 aromatic rings. The Kier molecular flexibility index (Phi) is 26.0. The van der Waals surface area contributed by atoms with Crippen molar-refractivity contribution >= 4 is 21.5 Å². The summed E-state index contributed by atoms with van der Waals surface area (Å²) < 4.78 is 0. The lowest BCUT2D eigenvalue weighted by molar-refractivity contribution is 1.07. The highest BCUT2D eigenvalue weighted by Crippen LogP contribution is 2.40. The van der Waals surface area contributed by atoms with Gasteiger partial charge in [-0.1, -0.05) is 516 Å². The topological polar surface area (TPSA) is 142 Å². The molecule has 0 aliphatic carbocycles. The van der Waals surface area contributed by atoms with Crippen molar-refractivity contribution in [2.75, 3.05) is 0 Å². The number of pyridine rings is 1. The minimum absolute atomic E-state index is 0.627. The standard InChI is InChI=1S/C50H34N4.C46H30N4.C39H27N3/c1-5-13-39(14-6-1)45-33-46(40-15-7-2-8-16-40)52-49(51-45)43-29-25-37(26-30-43)35-21-23-36(24-22-35)38-27-31-44(32-28-38)50-53-47(41-17-9-3-10-18-41)34-48(54-50)42-19-11-4-12-20-42;1-3-13-34(14-4-1)42-29-41(30-43(47-42)35-15-5-2-6-16-35)33-19-23-36(24-20-33)44-48-45(39-25-21-31-11-7-9-17-37(31)27-39)50-46(49-44)40-26-22-32-12-8-10-18-38(32)28-40;1-4-10-28(11-5-1)31-16-22-34(23-17-31)37-40-38(35-24-18-32(19-25-35)29-12-6-2-7-13-29)42-39(41-37)36-26-20-33(21-27-36)30-14-8-3-9-15-30/h1-34H;1-30H;1-27H. The number of benzene rings is 20. The lowest BCUT2D eigenvalue weighted by atomic mass is 9.98. The second kappa shape index (κ2) is 42.1. The largest absolute Gasteiger partial charge is 0.248 e. The molecule has 5 aromatic heterocycles. The fraction of sp³-hybridized carbons (Fsp3) is 0. The third-order valence-corrected chi connectivity index (χ3v) is 26.0. The van der Waals surface area contributed by atoms with Crippen LogP contribution in [0.15, 0.2) is 552 Å². The van der Waals surface area contributed by atoms with Crippen molar-refractivity contribution < 1.29 is 0 Å². The molecule has 0 radical (unpaired) electrons. The van der Waals surface area contributed by atoms with Crippen molar-refractivity contribution in [2.24, 2.45) is 0 Å². The summed E-state index contributed by atoms with van der Waals surface area (Å²) in [7, 11) is 0. The summed E-state index contributed by atoms with van der Waals surface area (Å²) in [4.78, 5) is 55.0. The highest BCUT2D eigenvalue weighted by Gasteiger charge is 2.21. The van der Waals surface area contributed by atoms with Crippen LogP contribution in [0.2, 0.25) is 0 Å². The Bertz CT molecular complexity index is 8130. The van der Waals surface area contributed by atoms with Crippen LogP contribution in [-0.4, -0.2) is 54.8 Å². The van der Waals surface area contributed by atoms with Crippen LogP contribution in [0.1, 0.15) is 0 Å². The van der Waals surface area contributed by atoms with E-state index in [-0.39, 0.29) is 0 Å². The summed E-state index contributed by atoms with van der Waals surface area (Å²) in [6.07, 6.45) is 0. The van der Waals surface area contributed by atoms with Gasteiger partial charge in [0.2, 0.25) is 0 Å². The van der Waals surface area contributed by atoms with Gasteiger partial charge in [-0.25, -0.2) is 54.8 Å². The molecule has 0 amide bonds. The number of hydrogen-bond acceptors (Lipinski definition) is 11. The third-order valence-electron chi connectivity index (χ3n) is 26.0. The average molecular weight is 1870 g/mol. The van der Waals surface area contributed by atoms with E-state index in [9.17, 15) is 0 Å². The third kappa shape index (κ3) is 20.7. The molecule has 0 bridgehead atoms. The Morgan fingerprint density at radius 1 is 0.0753 bits per heavy atom. The normalized spacial score (nSPS) is 11.0. The maximum absolute atomic E-state index is 5.05. The van der Waals surface area contributed by atoms with E-state index in [1.54, 1.807) is 0 Å². The first-order chi connectivity index (χ1) is 72.3. The van der Waals surface area contributed by atoms with Gasteiger partial charge in [-0.15, -0.1) is 0 Å². The second-order valence-electron chi connectivity index (χ2n) is 35.6. The fourth-order valence-corrected chi connectivity index (χ4v) is 18.2. The lowest BCUT2D eigenvalue weighted by Gasteiger charge is -2.12. The fourth-order valence-electron chi connectivity index (χ4n) is 18.2. The SMILES string of the molecule is c1ccc(-c2cc(-c3ccc(-c4nc(-c5ccc6ccccc6c5)nc(-c5ccc6ccccc6c5)n4)cc3)cc(-c3ccccc3)n2)cc1.c1ccc(-c2cc(-c3ccccc3)nc(-c3ccc(-c4ccc(-c5ccc(-c6nc(-c7ccccc7)cc(-c7ccccc7)n6)cc5)cc4)cc3)n2)cc1.c1ccc(-c2ccc(-c3nc(-c4ccc(-c5ccccc5)cc4)nc(-c4ccc(-c5ccccc5)cc4)n3)cc2)cc1. The van der Waals surface area contributed by atoms with Gasteiger partial charge in [0.25, 0.3) is 0 Å². The smallest absolute Gasteiger partial charge is 0.164 e. The predicted octanol–water partition coefficient (Wildman–Crippen LogP) is 34.1. The van der Waals surface area contributed by atoms with Crippen LogP contribution < -0.4 is 0 Å². The monoisotopic (exact) mass is 1870 g/mol. The van der Waals surface area contributed by atoms with Crippen LogP contribution in [0.5, 0.6) is 0 Å². The number of nitrogens with zero attached hydrogens (tertiary/aromatic N) is 11. The summed E-state index contributed by atoms with van der Waals surface area (Å²) in [5.41, 5.74) is 33.2. The first-order valence-corrected chi connectivity index (χ1v) is 48.8. The number of hydrogen-bond donors (Lipinski definition) is 0. The molecule has 0 atom stereocenters. The van der Waals surface area contributed by atoms with Gasteiger partial charge in [0.1, 0.15) is 0 Å². The minimum Gasteiger partial charge on any atom is -0.248 e. The van der Waals surface area contributed by atoms with Gasteiger partial charge in [-0.3, -0.25) is 0 Å². The van der Waals surface area contributed by atoms with Crippen molar-refractivity contribution in [1.29, 1.82) is 0 Å². The first-order valence-electron chi connectivity index (χ1n) is 48.8. The van der Waals surface area contributed by atoms with E-state index in [2.05, 4.69) is 425 Å². The zero-order valence-corrected chi connectivity index (χ0v) is 79.5. The number of fused-ring (bicyclic) bond motifs is 2. The predicted molar refractivity (Wildman–Crippen MR) is 599 cm³/mol. The van der Waals surface area contributed by atoms with Crippen molar-refractivity contribution in [3.05, 3.63) is 552 Å². The van der Waals surface area contributed by atoms with E-state index in [1.165, 1.54) is 27.5 Å². The Morgan fingerprint density at radius 3 is 0.432 bits per heavy atom. The quantitative estimate of drug-likeness (QED) is 0.0720. The van der Waals surface area contributed by atoms with Gasteiger partial charge in [-0.2, -0.15) is 0 Å². The Morgan fingerprint density at radius 2 is 0.219 bits per heavy atom. The molecule has 20 aromatic carbocycles. The molecule has 0 unspecified atom stereocenters. The van der Waals surface area contributed by atoms with Gasteiger partial charge in [0.15, 0.2) is 46.6 Å². The van der Waals surface area contributed by atoms with Crippen molar-refractivity contribution in [3.8, 4) is 225 Å². The van der Waals surface area contributed by atoms with Gasteiger partial charge in [0, 0.05) is 77.9 Å². The van der Waals surface area contributed by atoms with E-state index in [0.29, 0.717) is 46.6 Å². The molecule has 686 valence electrons. The number of rotatable bonds is 20. The molecule has 0 N–H and O–H groups in total. The molecule has 11 heteroatoms. The van der Waals surface area contributed by atoms with E-state index in [0.717, 1.165) is 173 Å². The summed E-state index contributed by atoms with van der Waals surface area (Å²) in [6.45, 7) is 0. The summed E-state index contributed by atoms with van der Waals surface area (Å²) in [5.74, 6) is 5.26. The van der Waals surface area contributed by atoms with Crippen LogP contribution in [0.3, 0.4) is 0 Å². The molecular formula is C135H91N11. The lowest BCUT2D eigenvalue weighted by Crippen LogP contribution is -2.00. The molecule has 5 heterocycles. The van der Waals surface area contributed by atoms with E-state index >= 15 is 0 Å². The molecule has 25 rings (SSSR count). The molecule has 0 aliphatic rings. The molecule has 0 spiro atoms. The maximum atomic E-state index is 5.05. The summed E-state index contributed by atoms with van der Waals surface area (Å²) in [6, 6.07) is 190. The Balaban J connectivity index is 0.000000122. The Labute approximate surface area is 847 Å². The maximum Gasteiger partial charge on any atom is 0.164 e. The van der Waals surface area contributed by atoms with Crippen LogP contribution in [0, 0.1) is 0 Å².